The highest BCUT2D eigenvalue weighted by atomic mass is 32.2. The Hall–Kier alpha value is -1.83. The van der Waals surface area contributed by atoms with Crippen LogP contribution in [0.25, 0.3) is 10.9 Å². The first-order chi connectivity index (χ1) is 12.0. The zero-order chi connectivity index (χ0) is 18.0. The van der Waals surface area contributed by atoms with Crippen molar-refractivity contribution in [3.63, 3.8) is 0 Å². The predicted molar refractivity (Wildman–Crippen MR) is 98.8 cm³/mol. The lowest BCUT2D eigenvalue weighted by Crippen LogP contribution is -2.23. The molecule has 2 aromatic rings. The summed E-state index contributed by atoms with van der Waals surface area (Å²) in [6.45, 7) is 3.68. The van der Waals surface area contributed by atoms with Crippen LogP contribution in [0.4, 0.5) is 0 Å². The van der Waals surface area contributed by atoms with Gasteiger partial charge in [0.2, 0.25) is 5.43 Å². The molecule has 0 radical (unpaired) electrons. The molecule has 0 bridgehead atoms. The number of carboxylic acids is 1. The topological polar surface area (TPSA) is 94.6 Å². The van der Waals surface area contributed by atoms with Gasteiger partial charge in [0.05, 0.1) is 18.7 Å². The number of carboxylic acid groups (broad SMARTS) is 1. The van der Waals surface area contributed by atoms with Gasteiger partial charge in [-0.3, -0.25) is 4.79 Å². The number of thioether (sulfide) groups is 1. The summed E-state index contributed by atoms with van der Waals surface area (Å²) in [6, 6.07) is 4.10. The number of hydrogen-bond acceptors (Lipinski definition) is 5. The van der Waals surface area contributed by atoms with Crippen LogP contribution in [0.5, 0.6) is 0 Å². The van der Waals surface area contributed by atoms with Crippen LogP contribution in [0.1, 0.15) is 35.3 Å². The molecule has 1 aromatic carbocycles. The molecule has 1 aromatic heterocycles. The van der Waals surface area contributed by atoms with E-state index in [2.05, 4.69) is 13.0 Å². The molecule has 2 heterocycles. The van der Waals surface area contributed by atoms with Gasteiger partial charge < -0.3 is 20.1 Å². The average Bonchev–Trinajstić information content (AvgIpc) is 2.59. The Kier molecular flexibility index (Phi) is 5.46. The Morgan fingerprint density at radius 1 is 1.44 bits per heavy atom. The molecule has 134 valence electrons. The highest BCUT2D eigenvalue weighted by molar-refractivity contribution is 7.99. The molecule has 0 saturated carbocycles. The fourth-order valence-electron chi connectivity index (χ4n) is 3.23. The van der Waals surface area contributed by atoms with Crippen molar-refractivity contribution in [1.29, 1.82) is 0 Å². The number of aryl methyl sites for hydroxylation is 1. The molecule has 7 heteroatoms. The van der Waals surface area contributed by atoms with E-state index in [9.17, 15) is 14.7 Å². The Morgan fingerprint density at radius 2 is 2.24 bits per heavy atom. The van der Waals surface area contributed by atoms with Gasteiger partial charge >= 0.3 is 5.97 Å². The van der Waals surface area contributed by atoms with Crippen LogP contribution >= 0.6 is 11.8 Å². The molecular weight excluding hydrogens is 340 g/mol. The summed E-state index contributed by atoms with van der Waals surface area (Å²) < 4.78 is 7.32. The molecule has 25 heavy (non-hydrogen) atoms. The maximum atomic E-state index is 12.6. The second-order valence-electron chi connectivity index (χ2n) is 6.20. The number of hydrogen-bond donors (Lipinski definition) is 2. The number of aromatic carboxylic acids is 1. The number of nitrogens with two attached hydrogens (primary N) is 1. The first-order valence-electron chi connectivity index (χ1n) is 8.38. The molecule has 0 saturated heterocycles. The van der Waals surface area contributed by atoms with E-state index in [4.69, 9.17) is 10.5 Å². The van der Waals surface area contributed by atoms with Gasteiger partial charge in [-0.2, -0.15) is 0 Å². The Balaban J connectivity index is 2.02. The number of aromatic nitrogens is 1. The average molecular weight is 362 g/mol. The normalized spacial score (nSPS) is 16.3. The summed E-state index contributed by atoms with van der Waals surface area (Å²) in [5.41, 5.74) is 6.80. The van der Waals surface area contributed by atoms with Crippen molar-refractivity contribution in [2.24, 2.45) is 5.73 Å². The van der Waals surface area contributed by atoms with E-state index in [1.165, 1.54) is 6.20 Å². The van der Waals surface area contributed by atoms with Crippen molar-refractivity contribution in [3.05, 3.63) is 39.7 Å². The quantitative estimate of drug-likeness (QED) is 0.580. The van der Waals surface area contributed by atoms with Crippen molar-refractivity contribution in [1.82, 2.24) is 4.57 Å². The number of pyridine rings is 1. The molecular formula is C18H22N2O4S. The van der Waals surface area contributed by atoms with Gasteiger partial charge in [0.15, 0.2) is 0 Å². The predicted octanol–water partition coefficient (Wildman–Crippen LogP) is 2.27. The third-order valence-electron chi connectivity index (χ3n) is 4.47. The molecule has 3 N–H and O–H groups in total. The molecule has 3 rings (SSSR count). The minimum atomic E-state index is -1.18. The Bertz CT molecular complexity index is 862. The molecule has 1 aliphatic heterocycles. The third-order valence-corrected chi connectivity index (χ3v) is 5.41. The summed E-state index contributed by atoms with van der Waals surface area (Å²) in [6.07, 6.45) is 3.31. The fourth-order valence-corrected chi connectivity index (χ4v) is 4.10. The Morgan fingerprint density at radius 3 is 2.96 bits per heavy atom. The van der Waals surface area contributed by atoms with E-state index in [-0.39, 0.29) is 11.6 Å². The van der Waals surface area contributed by atoms with Crippen molar-refractivity contribution >= 4 is 28.6 Å². The lowest BCUT2D eigenvalue weighted by molar-refractivity contribution is 0.0694. The standard InChI is InChI=1S/C18H22N2O4S/c1-11-2-3-12-8-13(25-7-6-24-5-4-19)9-14-16(12)20(11)10-15(17(14)21)18(22)23/h8-11H,2-7,19H2,1H3,(H,22,23). The second kappa shape index (κ2) is 7.59. The largest absolute Gasteiger partial charge is 0.477 e. The van der Waals surface area contributed by atoms with Crippen LogP contribution in [-0.2, 0) is 11.2 Å². The maximum Gasteiger partial charge on any atom is 0.341 e. The van der Waals surface area contributed by atoms with Crippen molar-refractivity contribution < 1.29 is 14.6 Å². The van der Waals surface area contributed by atoms with Crippen molar-refractivity contribution in [2.75, 3.05) is 25.5 Å². The molecule has 0 spiro atoms. The van der Waals surface area contributed by atoms with E-state index in [1.807, 2.05) is 10.6 Å². The van der Waals surface area contributed by atoms with E-state index < -0.39 is 11.4 Å². The number of benzene rings is 1. The SMILES string of the molecule is CC1CCc2cc(SCCOCCN)cc3c(=O)c(C(=O)O)cn1c23. The third kappa shape index (κ3) is 3.58. The number of nitrogens with zero attached hydrogens (tertiary/aromatic N) is 1. The van der Waals surface area contributed by atoms with Crippen LogP contribution in [-0.4, -0.2) is 41.2 Å². The summed E-state index contributed by atoms with van der Waals surface area (Å²) >= 11 is 1.61. The minimum absolute atomic E-state index is 0.166. The zero-order valence-corrected chi connectivity index (χ0v) is 15.0. The highest BCUT2D eigenvalue weighted by Gasteiger charge is 2.23. The Labute approximate surface area is 150 Å². The highest BCUT2D eigenvalue weighted by Crippen LogP contribution is 2.33. The molecule has 0 aliphatic carbocycles. The molecule has 0 amide bonds. The van der Waals surface area contributed by atoms with E-state index in [0.29, 0.717) is 25.1 Å². The van der Waals surface area contributed by atoms with Gasteiger partial charge in [-0.1, -0.05) is 0 Å². The monoisotopic (exact) mass is 362 g/mol. The number of ether oxygens (including phenoxy) is 1. The minimum Gasteiger partial charge on any atom is -0.477 e. The zero-order valence-electron chi connectivity index (χ0n) is 14.2. The van der Waals surface area contributed by atoms with Gasteiger partial charge in [-0.15, -0.1) is 11.8 Å². The van der Waals surface area contributed by atoms with Crippen LogP contribution < -0.4 is 11.2 Å². The first kappa shape index (κ1) is 18.0. The summed E-state index contributed by atoms with van der Waals surface area (Å²) in [5.74, 6) is -0.419. The smallest absolute Gasteiger partial charge is 0.341 e. The molecule has 6 nitrogen and oxygen atoms in total. The summed E-state index contributed by atoms with van der Waals surface area (Å²) in [4.78, 5) is 25.1. The van der Waals surface area contributed by atoms with Crippen LogP contribution in [0.15, 0.2) is 28.0 Å². The van der Waals surface area contributed by atoms with Gasteiger partial charge in [-0.25, -0.2) is 4.79 Å². The maximum absolute atomic E-state index is 12.6. The first-order valence-corrected chi connectivity index (χ1v) is 9.37. The van der Waals surface area contributed by atoms with Crippen molar-refractivity contribution in [2.45, 2.75) is 30.7 Å². The van der Waals surface area contributed by atoms with Crippen LogP contribution in [0.2, 0.25) is 0 Å². The second-order valence-corrected chi connectivity index (χ2v) is 7.37. The number of rotatable bonds is 7. The molecule has 1 atom stereocenters. The molecule has 1 aliphatic rings. The fraction of sp³-hybridized carbons (Fsp3) is 0.444. The lowest BCUT2D eigenvalue weighted by atomic mass is 9.96. The van der Waals surface area contributed by atoms with Gasteiger partial charge in [0, 0.05) is 34.8 Å². The van der Waals surface area contributed by atoms with Gasteiger partial charge in [-0.05, 0) is 37.5 Å². The van der Waals surface area contributed by atoms with Crippen LogP contribution in [0.3, 0.4) is 0 Å². The van der Waals surface area contributed by atoms with Crippen molar-refractivity contribution in [3.8, 4) is 0 Å². The van der Waals surface area contributed by atoms with E-state index >= 15 is 0 Å². The lowest BCUT2D eigenvalue weighted by Gasteiger charge is -2.27. The molecule has 1 unspecified atom stereocenters. The van der Waals surface area contributed by atoms with Gasteiger partial charge in [0.25, 0.3) is 0 Å². The molecule has 0 fully saturated rings. The summed E-state index contributed by atoms with van der Waals surface area (Å²) in [5, 5.41) is 9.86. The number of carbonyl (C=O) groups is 1. The summed E-state index contributed by atoms with van der Waals surface area (Å²) in [7, 11) is 0. The van der Waals surface area contributed by atoms with Crippen LogP contribution in [0, 0.1) is 0 Å². The van der Waals surface area contributed by atoms with Gasteiger partial charge in [0.1, 0.15) is 5.56 Å². The van der Waals surface area contributed by atoms with E-state index in [1.54, 1.807) is 11.8 Å². The van der Waals surface area contributed by atoms with E-state index in [0.717, 1.165) is 34.6 Å².